The lowest BCUT2D eigenvalue weighted by Crippen LogP contribution is -2.42. The third-order valence-electron chi connectivity index (χ3n) is 4.98. The fourth-order valence-corrected chi connectivity index (χ4v) is 3.27. The second-order valence-electron chi connectivity index (χ2n) is 7.65. The lowest BCUT2D eigenvalue weighted by molar-refractivity contribution is -0.139. The van der Waals surface area contributed by atoms with Crippen LogP contribution in [0.25, 0.3) is 0 Å². The van der Waals surface area contributed by atoms with Gasteiger partial charge in [-0.1, -0.05) is 36.4 Å². The van der Waals surface area contributed by atoms with Gasteiger partial charge in [0.2, 0.25) is 5.91 Å². The molecule has 36 heavy (non-hydrogen) atoms. The maximum atomic E-state index is 13.7. The molecule has 1 amide bonds. The maximum absolute atomic E-state index is 13.7. The zero-order valence-electron chi connectivity index (χ0n) is 18.6. The zero-order chi connectivity index (χ0) is 26.3. The Morgan fingerprint density at radius 1 is 0.889 bits per heavy atom. The van der Waals surface area contributed by atoms with Crippen molar-refractivity contribution in [1.29, 1.82) is 0 Å². The molecule has 8 nitrogen and oxygen atoms in total. The van der Waals surface area contributed by atoms with E-state index in [1.165, 1.54) is 24.3 Å². The number of carbonyl (C=O) groups is 3. The standard InChI is InChI=1S/C25H21F3N2O6/c26-25(27,28)19-13-18(36-17-8-4-7-16(12-17)23(32)33)9-10-20(19)30-22(31)14-29-21(24(34)35)11-15-5-2-1-3-6-15/h1-10,12-13,21,29H,11,14H2,(H,30,31)(H,32,33)(H,34,35)/t21-/m0/s1. The van der Waals surface area contributed by atoms with E-state index in [9.17, 15) is 32.7 Å². The molecule has 0 aliphatic heterocycles. The van der Waals surface area contributed by atoms with E-state index >= 15 is 0 Å². The largest absolute Gasteiger partial charge is 0.480 e. The highest BCUT2D eigenvalue weighted by molar-refractivity contribution is 5.93. The Balaban J connectivity index is 1.71. The molecule has 0 saturated heterocycles. The predicted molar refractivity (Wildman–Crippen MR) is 123 cm³/mol. The van der Waals surface area contributed by atoms with Crippen LogP contribution in [0.2, 0.25) is 0 Å². The number of hydrogen-bond donors (Lipinski definition) is 4. The number of benzene rings is 3. The number of halogens is 3. The molecule has 0 bridgehead atoms. The minimum Gasteiger partial charge on any atom is -0.480 e. The van der Waals surface area contributed by atoms with Crippen molar-refractivity contribution in [3.63, 3.8) is 0 Å². The molecule has 0 unspecified atom stereocenters. The highest BCUT2D eigenvalue weighted by Crippen LogP contribution is 2.38. The average molecular weight is 502 g/mol. The van der Waals surface area contributed by atoms with Gasteiger partial charge in [-0.25, -0.2) is 4.79 Å². The third-order valence-corrected chi connectivity index (χ3v) is 4.98. The van der Waals surface area contributed by atoms with Crippen molar-refractivity contribution in [3.05, 3.63) is 89.5 Å². The lowest BCUT2D eigenvalue weighted by Gasteiger charge is -2.17. The van der Waals surface area contributed by atoms with E-state index < -0.39 is 47.9 Å². The van der Waals surface area contributed by atoms with Gasteiger partial charge in [0.1, 0.15) is 17.5 Å². The number of ether oxygens (including phenoxy) is 1. The Hall–Kier alpha value is -4.38. The summed E-state index contributed by atoms with van der Waals surface area (Å²) >= 11 is 0. The quantitative estimate of drug-likeness (QED) is 0.323. The molecule has 0 saturated carbocycles. The first-order chi connectivity index (χ1) is 17.0. The number of carboxylic acid groups (broad SMARTS) is 2. The van der Waals surface area contributed by atoms with Crippen LogP contribution in [0.1, 0.15) is 21.5 Å². The van der Waals surface area contributed by atoms with Gasteiger partial charge in [0.25, 0.3) is 0 Å². The van der Waals surface area contributed by atoms with E-state index in [0.717, 1.165) is 12.1 Å². The lowest BCUT2D eigenvalue weighted by atomic mass is 10.1. The third kappa shape index (κ3) is 7.31. The van der Waals surface area contributed by atoms with Gasteiger partial charge in [-0.2, -0.15) is 13.2 Å². The van der Waals surface area contributed by atoms with Gasteiger partial charge in [-0.15, -0.1) is 0 Å². The molecule has 11 heteroatoms. The van der Waals surface area contributed by atoms with E-state index in [2.05, 4.69) is 10.6 Å². The molecule has 0 aliphatic rings. The van der Waals surface area contributed by atoms with E-state index in [1.807, 2.05) is 0 Å². The Morgan fingerprint density at radius 3 is 2.22 bits per heavy atom. The molecule has 188 valence electrons. The highest BCUT2D eigenvalue weighted by atomic mass is 19.4. The van der Waals surface area contributed by atoms with Gasteiger partial charge < -0.3 is 20.3 Å². The summed E-state index contributed by atoms with van der Waals surface area (Å²) < 4.78 is 46.4. The molecule has 3 aromatic carbocycles. The molecule has 0 aromatic heterocycles. The van der Waals surface area contributed by atoms with Crippen molar-refractivity contribution >= 4 is 23.5 Å². The molecule has 0 heterocycles. The van der Waals surface area contributed by atoms with Gasteiger partial charge >= 0.3 is 18.1 Å². The van der Waals surface area contributed by atoms with Crippen LogP contribution in [0.15, 0.2) is 72.8 Å². The molecule has 3 aromatic rings. The topological polar surface area (TPSA) is 125 Å². The van der Waals surface area contributed by atoms with Crippen molar-refractivity contribution < 1.29 is 42.5 Å². The van der Waals surface area contributed by atoms with Crippen LogP contribution in [0.3, 0.4) is 0 Å². The second-order valence-corrected chi connectivity index (χ2v) is 7.65. The molecule has 1 atom stereocenters. The number of hydrogen-bond acceptors (Lipinski definition) is 5. The summed E-state index contributed by atoms with van der Waals surface area (Å²) in [5.74, 6) is -3.52. The molecule has 0 spiro atoms. The molecule has 0 radical (unpaired) electrons. The number of carbonyl (C=O) groups excluding carboxylic acids is 1. The molecule has 4 N–H and O–H groups in total. The summed E-state index contributed by atoms with van der Waals surface area (Å²) in [6.07, 6.45) is -4.78. The van der Waals surface area contributed by atoms with Crippen LogP contribution in [0, 0.1) is 0 Å². The zero-order valence-corrected chi connectivity index (χ0v) is 18.6. The number of aliphatic carboxylic acids is 1. The minimum atomic E-state index is -4.85. The van der Waals surface area contributed by atoms with Crippen LogP contribution in [0.4, 0.5) is 18.9 Å². The smallest absolute Gasteiger partial charge is 0.418 e. The first kappa shape index (κ1) is 26.2. The number of alkyl halides is 3. The van der Waals surface area contributed by atoms with Crippen LogP contribution in [-0.4, -0.2) is 40.6 Å². The van der Waals surface area contributed by atoms with Crippen molar-refractivity contribution in [1.82, 2.24) is 5.32 Å². The van der Waals surface area contributed by atoms with E-state index in [4.69, 9.17) is 9.84 Å². The van der Waals surface area contributed by atoms with Crippen LogP contribution < -0.4 is 15.4 Å². The monoisotopic (exact) mass is 502 g/mol. The first-order valence-corrected chi connectivity index (χ1v) is 10.6. The first-order valence-electron chi connectivity index (χ1n) is 10.6. The number of amides is 1. The van der Waals surface area contributed by atoms with Crippen LogP contribution in [0.5, 0.6) is 11.5 Å². The summed E-state index contributed by atoms with van der Waals surface area (Å²) in [5.41, 5.74) is -1.13. The average Bonchev–Trinajstić information content (AvgIpc) is 2.82. The van der Waals surface area contributed by atoms with Crippen molar-refractivity contribution in [2.45, 2.75) is 18.6 Å². The van der Waals surface area contributed by atoms with Gasteiger partial charge in [0.05, 0.1) is 23.4 Å². The predicted octanol–water partition coefficient (Wildman–Crippen LogP) is 4.42. The van der Waals surface area contributed by atoms with Crippen molar-refractivity contribution in [3.8, 4) is 11.5 Å². The molecule has 0 aliphatic carbocycles. The molecular formula is C25H21F3N2O6. The van der Waals surface area contributed by atoms with Gasteiger partial charge in [-0.05, 0) is 48.4 Å². The summed E-state index contributed by atoms with van der Waals surface area (Å²) in [5, 5.41) is 23.1. The van der Waals surface area contributed by atoms with Crippen molar-refractivity contribution in [2.75, 3.05) is 11.9 Å². The highest BCUT2D eigenvalue weighted by Gasteiger charge is 2.34. The SMILES string of the molecule is O=C(CN[C@@H](Cc1ccccc1)C(=O)O)Nc1ccc(Oc2cccc(C(=O)O)c2)cc1C(F)(F)F. The summed E-state index contributed by atoms with van der Waals surface area (Å²) in [6, 6.07) is 15.6. The van der Waals surface area contributed by atoms with Crippen molar-refractivity contribution in [2.24, 2.45) is 0 Å². The number of anilines is 1. The maximum Gasteiger partial charge on any atom is 0.418 e. The molecule has 0 fully saturated rings. The Labute approximate surface area is 203 Å². The second kappa shape index (κ2) is 11.4. The van der Waals surface area contributed by atoms with E-state index in [-0.39, 0.29) is 23.5 Å². The Bertz CT molecular complexity index is 1250. The number of rotatable bonds is 10. The summed E-state index contributed by atoms with van der Waals surface area (Å²) in [4.78, 5) is 34.9. The normalized spacial score (nSPS) is 12.0. The van der Waals surface area contributed by atoms with Crippen LogP contribution in [-0.2, 0) is 22.2 Å². The molecule has 3 rings (SSSR count). The number of aromatic carboxylic acids is 1. The Kier molecular flexibility index (Phi) is 8.28. The van der Waals surface area contributed by atoms with E-state index in [1.54, 1.807) is 30.3 Å². The summed E-state index contributed by atoms with van der Waals surface area (Å²) in [6.45, 7) is -0.540. The van der Waals surface area contributed by atoms with Gasteiger partial charge in [-0.3, -0.25) is 14.9 Å². The fraction of sp³-hybridized carbons (Fsp3) is 0.160. The minimum absolute atomic E-state index is 0.0159. The fourth-order valence-electron chi connectivity index (χ4n) is 3.27. The Morgan fingerprint density at radius 2 is 1.58 bits per heavy atom. The molecular weight excluding hydrogens is 481 g/mol. The van der Waals surface area contributed by atoms with E-state index in [0.29, 0.717) is 11.6 Å². The number of carboxylic acids is 2. The summed E-state index contributed by atoms with van der Waals surface area (Å²) in [7, 11) is 0. The van der Waals surface area contributed by atoms with Gasteiger partial charge in [0.15, 0.2) is 0 Å². The number of nitrogens with one attached hydrogen (secondary N) is 2. The van der Waals surface area contributed by atoms with Gasteiger partial charge in [0, 0.05) is 0 Å². The van der Waals surface area contributed by atoms with Crippen LogP contribution >= 0.6 is 0 Å².